The van der Waals surface area contributed by atoms with Crippen LogP contribution < -0.4 is 0 Å². The molecule has 0 spiro atoms. The highest BCUT2D eigenvalue weighted by atomic mass is 16.7. The highest BCUT2D eigenvalue weighted by Crippen LogP contribution is 2.63. The van der Waals surface area contributed by atoms with Gasteiger partial charge in [-0.2, -0.15) is 0 Å². The molecule has 0 aromatic rings. The first-order valence-electron chi connectivity index (χ1n) is 10.6. The lowest BCUT2D eigenvalue weighted by Crippen LogP contribution is -2.62. The molecular weight excluding hydrogens is 356 g/mol. The number of ether oxygens (including phenoxy) is 3. The maximum atomic E-state index is 11.9. The van der Waals surface area contributed by atoms with E-state index in [1.54, 1.807) is 0 Å². The fourth-order valence-corrected chi connectivity index (χ4v) is 6.43. The largest absolute Gasteiger partial charge is 0.459 e. The van der Waals surface area contributed by atoms with Gasteiger partial charge in [-0.05, 0) is 63.2 Å². The summed E-state index contributed by atoms with van der Waals surface area (Å²) in [7, 11) is 0. The summed E-state index contributed by atoms with van der Waals surface area (Å²) in [5.41, 5.74) is 1.74. The number of carbonyl (C=O) groups excluding carboxylic acids is 1. The third-order valence-electron chi connectivity index (χ3n) is 8.01. The molecule has 0 radical (unpaired) electrons. The summed E-state index contributed by atoms with van der Waals surface area (Å²) in [4.78, 5) is 11.9. The second-order valence-electron chi connectivity index (χ2n) is 10.2. The molecule has 156 valence electrons. The van der Waals surface area contributed by atoms with Crippen molar-refractivity contribution in [2.24, 2.45) is 22.7 Å². The lowest BCUT2D eigenvalue weighted by molar-refractivity contribution is -0.344. The van der Waals surface area contributed by atoms with Crippen molar-refractivity contribution >= 4 is 5.97 Å². The summed E-state index contributed by atoms with van der Waals surface area (Å²) in [5, 5.41) is 10.0. The highest BCUT2D eigenvalue weighted by molar-refractivity contribution is 5.91. The van der Waals surface area contributed by atoms with Gasteiger partial charge in [-0.1, -0.05) is 32.1 Å². The van der Waals surface area contributed by atoms with Crippen molar-refractivity contribution in [3.63, 3.8) is 0 Å². The van der Waals surface area contributed by atoms with E-state index in [1.807, 2.05) is 19.9 Å². The summed E-state index contributed by atoms with van der Waals surface area (Å²) in [6.07, 6.45) is 6.22. The van der Waals surface area contributed by atoms with Gasteiger partial charge in [-0.25, -0.2) is 4.79 Å². The zero-order valence-corrected chi connectivity index (χ0v) is 17.6. The maximum absolute atomic E-state index is 11.9. The van der Waals surface area contributed by atoms with Gasteiger partial charge >= 0.3 is 5.97 Å². The Balaban J connectivity index is 1.61. The Labute approximate surface area is 168 Å². The average Bonchev–Trinajstić information content (AvgIpc) is 2.93. The monoisotopic (exact) mass is 390 g/mol. The number of allylic oxidation sites excluding steroid dienone is 2. The van der Waals surface area contributed by atoms with Crippen LogP contribution in [0.5, 0.6) is 0 Å². The second-order valence-corrected chi connectivity index (χ2v) is 10.2. The molecule has 0 unspecified atom stereocenters. The van der Waals surface area contributed by atoms with Crippen LogP contribution in [0, 0.1) is 22.7 Å². The maximum Gasteiger partial charge on any atom is 0.336 e. The van der Waals surface area contributed by atoms with Crippen molar-refractivity contribution in [2.45, 2.75) is 77.8 Å². The summed E-state index contributed by atoms with van der Waals surface area (Å²) in [6.45, 7) is 13.9. The highest BCUT2D eigenvalue weighted by Gasteiger charge is 2.60. The van der Waals surface area contributed by atoms with Crippen LogP contribution in [-0.2, 0) is 19.0 Å². The minimum atomic E-state index is -0.802. The summed E-state index contributed by atoms with van der Waals surface area (Å²) in [5.74, 6) is -0.141. The Kier molecular flexibility index (Phi) is 4.80. The van der Waals surface area contributed by atoms with Crippen molar-refractivity contribution < 1.29 is 24.1 Å². The van der Waals surface area contributed by atoms with Crippen LogP contribution in [0.4, 0.5) is 0 Å². The van der Waals surface area contributed by atoms with Crippen LogP contribution in [0.25, 0.3) is 0 Å². The Morgan fingerprint density at radius 1 is 1.21 bits per heavy atom. The van der Waals surface area contributed by atoms with E-state index in [1.165, 1.54) is 5.57 Å². The van der Waals surface area contributed by atoms with Crippen molar-refractivity contribution in [3.05, 3.63) is 23.8 Å². The average molecular weight is 391 g/mol. The van der Waals surface area contributed by atoms with Crippen molar-refractivity contribution in [2.75, 3.05) is 13.2 Å². The van der Waals surface area contributed by atoms with Gasteiger partial charge in [0, 0.05) is 5.41 Å². The van der Waals surface area contributed by atoms with E-state index in [0.29, 0.717) is 11.5 Å². The topological polar surface area (TPSA) is 65.0 Å². The molecule has 4 aliphatic rings. The van der Waals surface area contributed by atoms with Crippen LogP contribution in [0.3, 0.4) is 0 Å². The lowest BCUT2D eigenvalue weighted by Gasteiger charge is -2.63. The van der Waals surface area contributed by atoms with E-state index in [0.717, 1.165) is 38.7 Å². The molecular formula is C23H34O5. The molecule has 0 aromatic carbocycles. The van der Waals surface area contributed by atoms with Gasteiger partial charge in [-0.3, -0.25) is 0 Å². The Bertz CT molecular complexity index is 710. The van der Waals surface area contributed by atoms with E-state index < -0.39 is 11.9 Å². The van der Waals surface area contributed by atoms with Gasteiger partial charge in [0.2, 0.25) is 0 Å². The summed E-state index contributed by atoms with van der Waals surface area (Å²) in [6, 6.07) is 0. The molecule has 4 fully saturated rings. The number of fused-ring (bicyclic) bond motifs is 3. The third-order valence-corrected chi connectivity index (χ3v) is 8.01. The summed E-state index contributed by atoms with van der Waals surface area (Å²) >= 11 is 0. The summed E-state index contributed by atoms with van der Waals surface area (Å²) < 4.78 is 17.4. The van der Waals surface area contributed by atoms with E-state index in [4.69, 9.17) is 14.2 Å². The van der Waals surface area contributed by atoms with E-state index in [9.17, 15) is 9.90 Å². The lowest BCUT2D eigenvalue weighted by atomic mass is 9.46. The predicted molar refractivity (Wildman–Crippen MR) is 105 cm³/mol. The first-order valence-corrected chi connectivity index (χ1v) is 10.6. The van der Waals surface area contributed by atoms with Gasteiger partial charge in [0.05, 0.1) is 18.3 Å². The number of aliphatic hydroxyl groups is 1. The molecule has 0 bridgehead atoms. The number of hydrogen-bond donors (Lipinski definition) is 1. The predicted octanol–water partition coefficient (Wildman–Crippen LogP) is 3.76. The van der Waals surface area contributed by atoms with Crippen molar-refractivity contribution in [1.29, 1.82) is 0 Å². The van der Waals surface area contributed by atoms with Crippen LogP contribution >= 0.6 is 0 Å². The first-order chi connectivity index (χ1) is 13.1. The molecule has 2 heterocycles. The van der Waals surface area contributed by atoms with Crippen molar-refractivity contribution in [3.8, 4) is 0 Å². The molecule has 1 N–H and O–H groups in total. The Hall–Kier alpha value is -1.17. The van der Waals surface area contributed by atoms with Gasteiger partial charge in [0.25, 0.3) is 0 Å². The molecule has 2 aliphatic carbocycles. The minimum Gasteiger partial charge on any atom is -0.459 e. The number of rotatable bonds is 2. The molecule has 6 atom stereocenters. The molecule has 0 aromatic heterocycles. The fraction of sp³-hybridized carbons (Fsp3) is 0.783. The number of cyclic esters (lactones) is 1. The first kappa shape index (κ1) is 20.1. The van der Waals surface area contributed by atoms with Crippen LogP contribution in [0.1, 0.15) is 59.8 Å². The molecule has 5 nitrogen and oxygen atoms in total. The molecule has 2 aliphatic heterocycles. The van der Waals surface area contributed by atoms with E-state index >= 15 is 0 Å². The van der Waals surface area contributed by atoms with Gasteiger partial charge < -0.3 is 19.3 Å². The Morgan fingerprint density at radius 3 is 2.64 bits per heavy atom. The number of esters is 1. The quantitative estimate of drug-likeness (QED) is 0.442. The van der Waals surface area contributed by atoms with Crippen molar-refractivity contribution in [1.82, 2.24) is 0 Å². The van der Waals surface area contributed by atoms with Crippen LogP contribution in [-0.4, -0.2) is 42.3 Å². The third kappa shape index (κ3) is 3.06. The fourth-order valence-electron chi connectivity index (χ4n) is 6.43. The van der Waals surface area contributed by atoms with Crippen LogP contribution in [0.15, 0.2) is 23.8 Å². The molecule has 28 heavy (non-hydrogen) atoms. The number of hydrogen-bond acceptors (Lipinski definition) is 5. The van der Waals surface area contributed by atoms with E-state index in [-0.39, 0.29) is 35.4 Å². The minimum absolute atomic E-state index is 0.0135. The number of carbonyl (C=O) groups is 1. The molecule has 5 heteroatoms. The van der Waals surface area contributed by atoms with E-state index in [2.05, 4.69) is 20.4 Å². The smallest absolute Gasteiger partial charge is 0.336 e. The Morgan fingerprint density at radius 2 is 1.96 bits per heavy atom. The molecule has 0 amide bonds. The normalized spacial score (nSPS) is 46.8. The zero-order valence-electron chi connectivity index (χ0n) is 17.6. The number of aliphatic hydroxyl groups excluding tert-OH is 1. The SMILES string of the molecule is C=C1CC[C@@H]2[C@]3(C)COC(C)(C)O[C@@H]3CC[C@@]2(C)[C@@H]1C/C=C1/C(=O)OC[C@H]1O. The molecule has 2 saturated carbocycles. The molecule has 4 rings (SSSR count). The van der Waals surface area contributed by atoms with Gasteiger partial charge in [0.1, 0.15) is 12.7 Å². The molecule has 2 saturated heterocycles. The van der Waals surface area contributed by atoms with Gasteiger partial charge in [0.15, 0.2) is 5.79 Å². The standard InChI is InChI=1S/C23H34O5/c1-14-6-9-18-22(4,16(14)8-7-15-17(24)12-26-20(15)25)11-10-19-23(18,5)13-27-21(2,3)28-19/h7,16-19,24H,1,6,8-13H2,2-5H3/b15-7+/t16-,17-,18+,19-,22+,23+/m1/s1. The zero-order chi connectivity index (χ0) is 20.3. The second kappa shape index (κ2) is 6.68. The van der Waals surface area contributed by atoms with Gasteiger partial charge in [-0.15, -0.1) is 0 Å². The van der Waals surface area contributed by atoms with Crippen LogP contribution in [0.2, 0.25) is 0 Å².